The second kappa shape index (κ2) is 8.75. The summed E-state index contributed by atoms with van der Waals surface area (Å²) in [6, 6.07) is 19.0. The third-order valence-electron chi connectivity index (χ3n) is 5.62. The molecule has 0 unspecified atom stereocenters. The van der Waals surface area contributed by atoms with E-state index in [1.165, 1.54) is 16.7 Å². The summed E-state index contributed by atoms with van der Waals surface area (Å²) in [6.45, 7) is 7.21. The standard InChI is InChI=1S/C25H33BO3/c1-24(2,3)29-23(27)25(14-15-25)17-20(18-26(4)28)16-19-10-12-22(13-11-19)21-8-6-5-7-9-21/h5-13,20,28H,14-18H2,1-4H3/t20-/m1/s1. The average molecular weight is 392 g/mol. The van der Waals surface area contributed by atoms with Crippen molar-refractivity contribution in [3.63, 3.8) is 0 Å². The minimum Gasteiger partial charge on any atom is -0.460 e. The highest BCUT2D eigenvalue weighted by Gasteiger charge is 2.53. The zero-order valence-corrected chi connectivity index (χ0v) is 18.2. The summed E-state index contributed by atoms with van der Waals surface area (Å²) in [6.07, 6.45) is 4.14. The number of benzene rings is 2. The Morgan fingerprint density at radius 1 is 1.07 bits per heavy atom. The van der Waals surface area contributed by atoms with E-state index in [0.717, 1.165) is 25.7 Å². The molecule has 3 rings (SSSR count). The van der Waals surface area contributed by atoms with E-state index in [4.69, 9.17) is 4.74 Å². The molecule has 0 saturated heterocycles. The molecule has 1 aliphatic carbocycles. The topological polar surface area (TPSA) is 46.5 Å². The first kappa shape index (κ1) is 21.6. The van der Waals surface area contributed by atoms with Crippen LogP contribution in [-0.2, 0) is 16.0 Å². The first-order chi connectivity index (χ1) is 13.7. The summed E-state index contributed by atoms with van der Waals surface area (Å²) < 4.78 is 5.68. The van der Waals surface area contributed by atoms with Gasteiger partial charge in [-0.25, -0.2) is 0 Å². The Hall–Kier alpha value is -2.07. The Balaban J connectivity index is 1.69. The second-order valence-corrected chi connectivity index (χ2v) is 9.70. The van der Waals surface area contributed by atoms with E-state index < -0.39 is 5.60 Å². The zero-order chi connectivity index (χ0) is 21.1. The van der Waals surface area contributed by atoms with Crippen molar-refractivity contribution in [1.29, 1.82) is 0 Å². The van der Waals surface area contributed by atoms with Crippen LogP contribution in [0.3, 0.4) is 0 Å². The molecule has 4 heteroatoms. The highest BCUT2D eigenvalue weighted by molar-refractivity contribution is 6.48. The van der Waals surface area contributed by atoms with Gasteiger partial charge in [0.05, 0.1) is 5.41 Å². The second-order valence-electron chi connectivity index (χ2n) is 9.70. The van der Waals surface area contributed by atoms with E-state index in [2.05, 4.69) is 36.4 Å². The molecule has 1 N–H and O–H groups in total. The monoisotopic (exact) mass is 392 g/mol. The van der Waals surface area contributed by atoms with Crippen LogP contribution in [0.15, 0.2) is 54.6 Å². The van der Waals surface area contributed by atoms with Gasteiger partial charge in [-0.2, -0.15) is 0 Å². The lowest BCUT2D eigenvalue weighted by atomic mass is 9.61. The van der Waals surface area contributed by atoms with Crippen LogP contribution < -0.4 is 0 Å². The fraction of sp³-hybridized carbons (Fsp3) is 0.480. The molecule has 0 aromatic heterocycles. The van der Waals surface area contributed by atoms with Gasteiger partial charge in [-0.3, -0.25) is 4.79 Å². The van der Waals surface area contributed by atoms with Crippen LogP contribution in [0.2, 0.25) is 13.1 Å². The predicted octanol–water partition coefficient (Wildman–Crippen LogP) is 5.64. The summed E-state index contributed by atoms with van der Waals surface area (Å²) >= 11 is 0. The Morgan fingerprint density at radius 2 is 1.66 bits per heavy atom. The van der Waals surface area contributed by atoms with E-state index in [9.17, 15) is 9.82 Å². The normalized spacial score (nSPS) is 16.2. The summed E-state index contributed by atoms with van der Waals surface area (Å²) in [5.41, 5.74) is 2.85. The summed E-state index contributed by atoms with van der Waals surface area (Å²) in [4.78, 5) is 12.7. The molecule has 0 bridgehead atoms. The number of ether oxygens (including phenoxy) is 1. The first-order valence-corrected chi connectivity index (χ1v) is 10.7. The maximum Gasteiger partial charge on any atom is 0.312 e. The molecule has 2 aromatic rings. The van der Waals surface area contributed by atoms with Crippen LogP contribution in [-0.4, -0.2) is 23.5 Å². The van der Waals surface area contributed by atoms with E-state index >= 15 is 0 Å². The lowest BCUT2D eigenvalue weighted by Gasteiger charge is -2.27. The van der Waals surface area contributed by atoms with Crippen LogP contribution in [0.1, 0.15) is 45.6 Å². The minimum absolute atomic E-state index is 0.0694. The molecule has 1 fully saturated rings. The molecule has 1 saturated carbocycles. The highest BCUT2D eigenvalue weighted by Crippen LogP contribution is 2.53. The molecule has 29 heavy (non-hydrogen) atoms. The van der Waals surface area contributed by atoms with Crippen molar-refractivity contribution in [3.8, 4) is 11.1 Å². The third kappa shape index (κ3) is 6.20. The Kier molecular flexibility index (Phi) is 6.53. The van der Waals surface area contributed by atoms with Crippen LogP contribution in [0.4, 0.5) is 0 Å². The molecule has 3 nitrogen and oxygen atoms in total. The fourth-order valence-electron chi connectivity index (χ4n) is 4.10. The van der Waals surface area contributed by atoms with Crippen LogP contribution in [0.25, 0.3) is 11.1 Å². The van der Waals surface area contributed by atoms with Gasteiger partial charge >= 0.3 is 5.97 Å². The lowest BCUT2D eigenvalue weighted by molar-refractivity contribution is -0.162. The molecule has 0 heterocycles. The van der Waals surface area contributed by atoms with Gasteiger partial charge in [0.1, 0.15) is 5.60 Å². The van der Waals surface area contributed by atoms with E-state index in [0.29, 0.717) is 6.32 Å². The summed E-state index contributed by atoms with van der Waals surface area (Å²) in [5.74, 6) is 0.188. The molecule has 2 aromatic carbocycles. The number of esters is 1. The molecule has 0 radical (unpaired) electrons. The third-order valence-corrected chi connectivity index (χ3v) is 5.62. The summed E-state index contributed by atoms with van der Waals surface area (Å²) in [5, 5.41) is 10.0. The van der Waals surface area contributed by atoms with E-state index in [1.54, 1.807) is 0 Å². The van der Waals surface area contributed by atoms with E-state index in [1.807, 2.05) is 45.8 Å². The van der Waals surface area contributed by atoms with E-state index in [-0.39, 0.29) is 24.2 Å². The van der Waals surface area contributed by atoms with Gasteiger partial charge in [0, 0.05) is 0 Å². The number of carbonyl (C=O) groups excluding carboxylic acids is 1. The Bertz CT molecular complexity index is 802. The van der Waals surface area contributed by atoms with Crippen molar-refractivity contribution in [2.75, 3.05) is 0 Å². The summed E-state index contributed by atoms with van der Waals surface area (Å²) in [7, 11) is 0. The van der Waals surface area contributed by atoms with Crippen LogP contribution in [0, 0.1) is 11.3 Å². The highest BCUT2D eigenvalue weighted by atomic mass is 16.6. The van der Waals surface area contributed by atoms with Gasteiger partial charge in [0.15, 0.2) is 0 Å². The maximum atomic E-state index is 12.7. The van der Waals surface area contributed by atoms with Crippen molar-refractivity contribution >= 4 is 12.9 Å². The lowest BCUT2D eigenvalue weighted by Crippen LogP contribution is -2.31. The van der Waals surface area contributed by atoms with Gasteiger partial charge in [-0.1, -0.05) is 61.4 Å². The Labute approximate surface area is 175 Å². The molecule has 1 aliphatic rings. The quantitative estimate of drug-likeness (QED) is 0.467. The van der Waals surface area contributed by atoms with Gasteiger partial charge in [-0.15, -0.1) is 0 Å². The van der Waals surface area contributed by atoms with Gasteiger partial charge in [-0.05, 0) is 75.4 Å². The smallest absolute Gasteiger partial charge is 0.312 e. The molecule has 0 spiro atoms. The van der Waals surface area contributed by atoms with Crippen molar-refractivity contribution < 1.29 is 14.6 Å². The molecule has 0 aliphatic heterocycles. The van der Waals surface area contributed by atoms with Gasteiger partial charge < -0.3 is 9.76 Å². The first-order valence-electron chi connectivity index (χ1n) is 10.7. The SMILES string of the molecule is CB(O)C[C@H](Cc1ccc(-c2ccccc2)cc1)CC1(C(=O)OC(C)(C)C)CC1. The van der Waals surface area contributed by atoms with Crippen LogP contribution >= 0.6 is 0 Å². The molecule has 154 valence electrons. The zero-order valence-electron chi connectivity index (χ0n) is 18.2. The van der Waals surface area contributed by atoms with Crippen molar-refractivity contribution in [2.24, 2.45) is 11.3 Å². The van der Waals surface area contributed by atoms with Crippen molar-refractivity contribution in [1.82, 2.24) is 0 Å². The number of carbonyl (C=O) groups is 1. The molecular formula is C25H33BO3. The largest absolute Gasteiger partial charge is 0.460 e. The molecule has 1 atom stereocenters. The minimum atomic E-state index is -0.459. The molecule has 0 amide bonds. The Morgan fingerprint density at radius 3 is 2.17 bits per heavy atom. The van der Waals surface area contributed by atoms with Gasteiger partial charge in [0.2, 0.25) is 0 Å². The fourth-order valence-corrected chi connectivity index (χ4v) is 4.10. The van der Waals surface area contributed by atoms with Crippen LogP contribution in [0.5, 0.6) is 0 Å². The number of rotatable bonds is 8. The van der Waals surface area contributed by atoms with Crippen molar-refractivity contribution in [3.05, 3.63) is 60.2 Å². The van der Waals surface area contributed by atoms with Gasteiger partial charge in [0.25, 0.3) is 6.92 Å². The van der Waals surface area contributed by atoms with Crippen molar-refractivity contribution in [2.45, 2.75) is 65.2 Å². The maximum absolute atomic E-state index is 12.7. The number of hydrogen-bond acceptors (Lipinski definition) is 3. The molecular weight excluding hydrogens is 359 g/mol. The number of hydrogen-bond donors (Lipinski definition) is 1. The predicted molar refractivity (Wildman–Crippen MR) is 120 cm³/mol. The average Bonchev–Trinajstić information content (AvgIpc) is 3.42.